The molecule has 1 aromatic heterocycles. The molecule has 1 aromatic carbocycles. The number of likely N-dealkylation sites (tertiary alicyclic amines) is 1. The number of para-hydroxylation sites is 2. The standard InChI is InChI=1S/C20H26N4O3/c1-20(2,21)19(25)24-12-6-7-14(13-24)17-18(23-11-10-22-17)27-16-9-5-4-8-15(16)26-3/h4-5,8-11,14H,6-7,12-13,21H2,1-3H3/t14-/m1/s1. The number of nitrogens with zero attached hydrogens (tertiary/aromatic N) is 3. The van der Waals surface area contributed by atoms with Crippen LogP contribution in [0.4, 0.5) is 0 Å². The average molecular weight is 370 g/mol. The second-order valence-electron chi connectivity index (χ2n) is 7.31. The van der Waals surface area contributed by atoms with Crippen molar-refractivity contribution in [1.82, 2.24) is 14.9 Å². The molecule has 27 heavy (non-hydrogen) atoms. The van der Waals surface area contributed by atoms with E-state index in [9.17, 15) is 4.79 Å². The highest BCUT2D eigenvalue weighted by molar-refractivity contribution is 5.85. The molecule has 2 N–H and O–H groups in total. The monoisotopic (exact) mass is 370 g/mol. The Morgan fingerprint density at radius 1 is 1.22 bits per heavy atom. The molecule has 3 rings (SSSR count). The van der Waals surface area contributed by atoms with Crippen molar-refractivity contribution in [1.29, 1.82) is 0 Å². The first-order valence-corrected chi connectivity index (χ1v) is 9.10. The fourth-order valence-corrected chi connectivity index (χ4v) is 3.29. The molecule has 0 saturated carbocycles. The van der Waals surface area contributed by atoms with Crippen LogP contribution < -0.4 is 15.2 Å². The second-order valence-corrected chi connectivity index (χ2v) is 7.31. The van der Waals surface area contributed by atoms with Gasteiger partial charge < -0.3 is 20.1 Å². The summed E-state index contributed by atoms with van der Waals surface area (Å²) < 4.78 is 11.4. The average Bonchev–Trinajstić information content (AvgIpc) is 2.67. The number of rotatable bonds is 5. The largest absolute Gasteiger partial charge is 0.493 e. The van der Waals surface area contributed by atoms with Crippen LogP contribution in [0.25, 0.3) is 0 Å². The first-order valence-electron chi connectivity index (χ1n) is 9.10. The molecule has 0 radical (unpaired) electrons. The van der Waals surface area contributed by atoms with Crippen LogP contribution in [0, 0.1) is 0 Å². The van der Waals surface area contributed by atoms with E-state index in [1.54, 1.807) is 33.4 Å². The van der Waals surface area contributed by atoms with Gasteiger partial charge in [0.25, 0.3) is 0 Å². The lowest BCUT2D eigenvalue weighted by molar-refractivity contribution is -0.137. The Labute approximate surface area is 159 Å². The smallest absolute Gasteiger partial charge is 0.242 e. The van der Waals surface area contributed by atoms with Gasteiger partial charge in [-0.2, -0.15) is 0 Å². The number of nitrogens with two attached hydrogens (primary N) is 1. The lowest BCUT2D eigenvalue weighted by atomic mass is 9.93. The van der Waals surface area contributed by atoms with Gasteiger partial charge in [0.05, 0.1) is 12.6 Å². The van der Waals surface area contributed by atoms with E-state index in [1.807, 2.05) is 29.2 Å². The minimum atomic E-state index is -0.888. The Morgan fingerprint density at radius 2 is 1.93 bits per heavy atom. The number of hydrogen-bond donors (Lipinski definition) is 1. The van der Waals surface area contributed by atoms with Crippen LogP contribution in [0.3, 0.4) is 0 Å². The molecule has 1 atom stereocenters. The molecule has 2 heterocycles. The number of methoxy groups -OCH3 is 1. The maximum absolute atomic E-state index is 12.6. The minimum Gasteiger partial charge on any atom is -0.493 e. The van der Waals surface area contributed by atoms with Crippen LogP contribution in [0.1, 0.15) is 38.3 Å². The molecule has 7 nitrogen and oxygen atoms in total. The van der Waals surface area contributed by atoms with E-state index in [0.29, 0.717) is 30.5 Å². The number of aromatic nitrogens is 2. The number of carbonyl (C=O) groups is 1. The van der Waals surface area contributed by atoms with Crippen LogP contribution >= 0.6 is 0 Å². The van der Waals surface area contributed by atoms with Crippen LogP contribution in [0.2, 0.25) is 0 Å². The molecular formula is C20H26N4O3. The van der Waals surface area contributed by atoms with E-state index in [2.05, 4.69) is 9.97 Å². The van der Waals surface area contributed by atoms with E-state index in [4.69, 9.17) is 15.2 Å². The van der Waals surface area contributed by atoms with E-state index < -0.39 is 5.54 Å². The molecule has 1 fully saturated rings. The summed E-state index contributed by atoms with van der Waals surface area (Å²) in [6.07, 6.45) is 5.05. The Morgan fingerprint density at radius 3 is 2.63 bits per heavy atom. The predicted octanol–water partition coefficient (Wildman–Crippen LogP) is 2.72. The molecule has 0 bridgehead atoms. The Balaban J connectivity index is 1.84. The van der Waals surface area contributed by atoms with Crippen LogP contribution in [-0.2, 0) is 4.79 Å². The third-order valence-electron chi connectivity index (χ3n) is 4.61. The topological polar surface area (TPSA) is 90.6 Å². The maximum atomic E-state index is 12.6. The second kappa shape index (κ2) is 7.92. The van der Waals surface area contributed by atoms with Gasteiger partial charge in [0.1, 0.15) is 5.69 Å². The zero-order chi connectivity index (χ0) is 19.4. The summed E-state index contributed by atoms with van der Waals surface area (Å²) in [7, 11) is 1.60. The van der Waals surface area contributed by atoms with Gasteiger partial charge in [0, 0.05) is 31.4 Å². The van der Waals surface area contributed by atoms with Crippen LogP contribution in [0.15, 0.2) is 36.7 Å². The highest BCUT2D eigenvalue weighted by Crippen LogP contribution is 2.35. The van der Waals surface area contributed by atoms with Crippen molar-refractivity contribution in [2.75, 3.05) is 20.2 Å². The van der Waals surface area contributed by atoms with Crippen molar-refractivity contribution >= 4 is 5.91 Å². The van der Waals surface area contributed by atoms with Gasteiger partial charge in [-0.3, -0.25) is 9.78 Å². The SMILES string of the molecule is COc1ccccc1Oc1nccnc1[C@@H]1CCCN(C(=O)C(C)(C)N)C1. The lowest BCUT2D eigenvalue weighted by Crippen LogP contribution is -2.53. The van der Waals surface area contributed by atoms with Crippen molar-refractivity contribution in [2.45, 2.75) is 38.1 Å². The molecule has 144 valence electrons. The molecular weight excluding hydrogens is 344 g/mol. The number of carbonyl (C=O) groups excluding carboxylic acids is 1. The zero-order valence-electron chi connectivity index (χ0n) is 16.0. The third-order valence-corrected chi connectivity index (χ3v) is 4.61. The van der Waals surface area contributed by atoms with E-state index in [-0.39, 0.29) is 11.8 Å². The number of amides is 1. The summed E-state index contributed by atoms with van der Waals surface area (Å²) in [5.74, 6) is 1.63. The minimum absolute atomic E-state index is 0.0449. The molecule has 2 aromatic rings. The van der Waals surface area contributed by atoms with Gasteiger partial charge in [0.15, 0.2) is 11.5 Å². The number of hydrogen-bond acceptors (Lipinski definition) is 6. The Hall–Kier alpha value is -2.67. The Kier molecular flexibility index (Phi) is 5.60. The highest BCUT2D eigenvalue weighted by atomic mass is 16.5. The fraction of sp³-hybridized carbons (Fsp3) is 0.450. The first-order chi connectivity index (χ1) is 12.9. The predicted molar refractivity (Wildman–Crippen MR) is 102 cm³/mol. The summed E-state index contributed by atoms with van der Waals surface area (Å²) in [6.45, 7) is 4.73. The lowest BCUT2D eigenvalue weighted by Gasteiger charge is -2.36. The quantitative estimate of drug-likeness (QED) is 0.870. The van der Waals surface area contributed by atoms with Gasteiger partial charge >= 0.3 is 0 Å². The van der Waals surface area contributed by atoms with Crippen molar-refractivity contribution in [3.63, 3.8) is 0 Å². The van der Waals surface area contributed by atoms with Gasteiger partial charge in [-0.25, -0.2) is 4.98 Å². The summed E-state index contributed by atoms with van der Waals surface area (Å²) in [4.78, 5) is 23.3. The summed E-state index contributed by atoms with van der Waals surface area (Å²) in [6, 6.07) is 7.40. The Bertz CT molecular complexity index is 804. The van der Waals surface area contributed by atoms with Gasteiger partial charge in [-0.1, -0.05) is 12.1 Å². The fourth-order valence-electron chi connectivity index (χ4n) is 3.29. The molecule has 0 spiro atoms. The summed E-state index contributed by atoms with van der Waals surface area (Å²) in [5, 5.41) is 0. The number of piperidine rings is 1. The van der Waals surface area contributed by atoms with E-state index in [0.717, 1.165) is 18.5 Å². The number of ether oxygens (including phenoxy) is 2. The molecule has 0 aliphatic carbocycles. The first kappa shape index (κ1) is 19.1. The zero-order valence-corrected chi connectivity index (χ0v) is 16.0. The van der Waals surface area contributed by atoms with Crippen molar-refractivity contribution in [2.24, 2.45) is 5.73 Å². The molecule has 7 heteroatoms. The molecule has 0 unspecified atom stereocenters. The molecule has 1 saturated heterocycles. The highest BCUT2D eigenvalue weighted by Gasteiger charge is 2.33. The molecule has 1 amide bonds. The molecule has 1 aliphatic rings. The van der Waals surface area contributed by atoms with Crippen LogP contribution in [0.5, 0.6) is 17.4 Å². The molecule has 1 aliphatic heterocycles. The van der Waals surface area contributed by atoms with Crippen molar-refractivity contribution in [3.8, 4) is 17.4 Å². The maximum Gasteiger partial charge on any atom is 0.242 e. The van der Waals surface area contributed by atoms with Gasteiger partial charge in [-0.15, -0.1) is 0 Å². The van der Waals surface area contributed by atoms with Gasteiger partial charge in [-0.05, 0) is 38.8 Å². The van der Waals surface area contributed by atoms with E-state index >= 15 is 0 Å². The van der Waals surface area contributed by atoms with E-state index in [1.165, 1.54) is 0 Å². The van der Waals surface area contributed by atoms with Gasteiger partial charge in [0.2, 0.25) is 11.8 Å². The number of benzene rings is 1. The summed E-state index contributed by atoms with van der Waals surface area (Å²) in [5.41, 5.74) is 5.86. The normalized spacial score (nSPS) is 17.5. The third kappa shape index (κ3) is 4.36. The van der Waals surface area contributed by atoms with Crippen molar-refractivity contribution < 1.29 is 14.3 Å². The van der Waals surface area contributed by atoms with Crippen molar-refractivity contribution in [3.05, 3.63) is 42.4 Å². The summed E-state index contributed by atoms with van der Waals surface area (Å²) >= 11 is 0. The van der Waals surface area contributed by atoms with Crippen LogP contribution in [-0.4, -0.2) is 46.5 Å².